The van der Waals surface area contributed by atoms with Gasteiger partial charge in [-0.3, -0.25) is 0 Å². The van der Waals surface area contributed by atoms with Crippen molar-refractivity contribution in [1.29, 1.82) is 0 Å². The summed E-state index contributed by atoms with van der Waals surface area (Å²) in [7, 11) is 0. The summed E-state index contributed by atoms with van der Waals surface area (Å²) in [6, 6.07) is 5.41. The van der Waals surface area contributed by atoms with E-state index < -0.39 is 0 Å². The van der Waals surface area contributed by atoms with Crippen LogP contribution in [0.15, 0.2) is 22.7 Å². The second-order valence-corrected chi connectivity index (χ2v) is 6.85. The van der Waals surface area contributed by atoms with Crippen LogP contribution in [0.5, 0.6) is 0 Å². The number of halogens is 2. The molecule has 1 unspecified atom stereocenters. The largest absolute Gasteiger partial charge is 0.311 e. The highest BCUT2D eigenvalue weighted by molar-refractivity contribution is 9.10. The van der Waals surface area contributed by atoms with E-state index in [-0.39, 0.29) is 11.4 Å². The van der Waals surface area contributed by atoms with Crippen molar-refractivity contribution in [3.05, 3.63) is 34.1 Å². The van der Waals surface area contributed by atoms with Gasteiger partial charge in [0.2, 0.25) is 0 Å². The van der Waals surface area contributed by atoms with Crippen LogP contribution in [0.4, 0.5) is 4.39 Å². The van der Waals surface area contributed by atoms with Gasteiger partial charge in [0.1, 0.15) is 5.82 Å². The van der Waals surface area contributed by atoms with E-state index in [1.54, 1.807) is 0 Å². The number of benzene rings is 1. The monoisotopic (exact) mass is 325 g/mol. The molecule has 0 bridgehead atoms. The molecular weight excluding hydrogens is 305 g/mol. The molecule has 1 aromatic rings. The summed E-state index contributed by atoms with van der Waals surface area (Å²) in [5.74, 6) is 0.651. The topological polar surface area (TPSA) is 12.0 Å². The molecule has 0 amide bonds. The van der Waals surface area contributed by atoms with Crippen molar-refractivity contribution in [1.82, 2.24) is 5.32 Å². The Labute approximate surface area is 123 Å². The zero-order valence-electron chi connectivity index (χ0n) is 11.2. The summed E-state index contributed by atoms with van der Waals surface area (Å²) in [5, 5.41) is 3.81. The van der Waals surface area contributed by atoms with Crippen LogP contribution < -0.4 is 5.32 Å². The van der Waals surface area contributed by atoms with Crippen molar-refractivity contribution >= 4 is 15.9 Å². The average molecular weight is 326 g/mol. The zero-order valence-corrected chi connectivity index (χ0v) is 12.8. The lowest BCUT2D eigenvalue weighted by molar-refractivity contribution is 0.270. The van der Waals surface area contributed by atoms with Gasteiger partial charge in [0.15, 0.2) is 0 Å². The van der Waals surface area contributed by atoms with Crippen LogP contribution in [0.3, 0.4) is 0 Å². The van der Waals surface area contributed by atoms with Crippen LogP contribution in [0.2, 0.25) is 0 Å². The van der Waals surface area contributed by atoms with E-state index >= 15 is 0 Å². The summed E-state index contributed by atoms with van der Waals surface area (Å²) in [6.07, 6.45) is 8.76. The highest BCUT2D eigenvalue weighted by Crippen LogP contribution is 2.45. The van der Waals surface area contributed by atoms with Gasteiger partial charge in [-0.1, -0.05) is 25.0 Å². The van der Waals surface area contributed by atoms with Crippen LogP contribution in [-0.4, -0.2) is 12.1 Å². The SMILES string of the molecule is Fc1cccc(CC2(C3CC3)CCCCCN2)c1Br. The molecule has 1 aliphatic carbocycles. The number of hydrogen-bond acceptors (Lipinski definition) is 1. The minimum atomic E-state index is -0.142. The fraction of sp³-hybridized carbons (Fsp3) is 0.625. The van der Waals surface area contributed by atoms with E-state index in [0.29, 0.717) is 4.47 Å². The van der Waals surface area contributed by atoms with Gasteiger partial charge in [0, 0.05) is 5.54 Å². The molecule has 1 aliphatic heterocycles. The predicted octanol–water partition coefficient (Wildman–Crippen LogP) is 4.44. The highest BCUT2D eigenvalue weighted by Gasteiger charge is 2.45. The van der Waals surface area contributed by atoms with Crippen molar-refractivity contribution in [2.45, 2.75) is 50.5 Å². The molecule has 0 spiro atoms. The summed E-state index contributed by atoms with van der Waals surface area (Å²) in [5.41, 5.74) is 1.33. The first-order chi connectivity index (χ1) is 9.21. The number of hydrogen-bond donors (Lipinski definition) is 1. The maximum atomic E-state index is 13.7. The van der Waals surface area contributed by atoms with E-state index in [0.717, 1.165) is 24.4 Å². The summed E-state index contributed by atoms with van der Waals surface area (Å²) in [4.78, 5) is 0. The Bertz CT molecular complexity index is 448. The quantitative estimate of drug-likeness (QED) is 0.866. The van der Waals surface area contributed by atoms with Crippen molar-refractivity contribution in [3.63, 3.8) is 0 Å². The van der Waals surface area contributed by atoms with Crippen LogP contribution >= 0.6 is 15.9 Å². The molecule has 1 saturated carbocycles. The predicted molar refractivity (Wildman–Crippen MR) is 79.7 cm³/mol. The second kappa shape index (κ2) is 5.53. The molecule has 1 aromatic carbocycles. The molecule has 0 radical (unpaired) electrons. The summed E-state index contributed by atoms with van der Waals surface area (Å²) >= 11 is 3.42. The third-order valence-electron chi connectivity index (χ3n) is 4.67. The minimum Gasteiger partial charge on any atom is -0.311 e. The van der Waals surface area contributed by atoms with Crippen LogP contribution in [-0.2, 0) is 6.42 Å². The minimum absolute atomic E-state index is 0.142. The smallest absolute Gasteiger partial charge is 0.137 e. The molecule has 1 saturated heterocycles. The molecule has 104 valence electrons. The Morgan fingerprint density at radius 1 is 1.26 bits per heavy atom. The summed E-state index contributed by atoms with van der Waals surface area (Å²) < 4.78 is 14.3. The van der Waals surface area contributed by atoms with Gasteiger partial charge < -0.3 is 5.32 Å². The van der Waals surface area contributed by atoms with Gasteiger partial charge in [-0.25, -0.2) is 4.39 Å². The van der Waals surface area contributed by atoms with Gasteiger partial charge in [0.25, 0.3) is 0 Å². The average Bonchev–Trinajstić information content (AvgIpc) is 3.22. The van der Waals surface area contributed by atoms with E-state index in [4.69, 9.17) is 0 Å². The Hall–Kier alpha value is -0.410. The normalized spacial score (nSPS) is 28.1. The highest BCUT2D eigenvalue weighted by atomic mass is 79.9. The third kappa shape index (κ3) is 2.87. The molecule has 19 heavy (non-hydrogen) atoms. The third-order valence-corrected chi connectivity index (χ3v) is 5.56. The molecule has 2 aliphatic rings. The second-order valence-electron chi connectivity index (χ2n) is 6.06. The molecular formula is C16H21BrFN. The maximum Gasteiger partial charge on any atom is 0.137 e. The first-order valence-corrected chi connectivity index (χ1v) is 8.18. The molecule has 1 atom stereocenters. The van der Waals surface area contributed by atoms with E-state index in [9.17, 15) is 4.39 Å². The molecule has 3 heteroatoms. The first kappa shape index (κ1) is 13.6. The van der Waals surface area contributed by atoms with Crippen LogP contribution in [0.1, 0.15) is 44.1 Å². The van der Waals surface area contributed by atoms with Crippen molar-refractivity contribution in [2.75, 3.05) is 6.54 Å². The first-order valence-electron chi connectivity index (χ1n) is 7.39. The number of nitrogens with one attached hydrogen (secondary N) is 1. The fourth-order valence-electron chi connectivity index (χ4n) is 3.47. The lowest BCUT2D eigenvalue weighted by Gasteiger charge is -2.35. The van der Waals surface area contributed by atoms with Crippen molar-refractivity contribution in [3.8, 4) is 0 Å². The molecule has 1 N–H and O–H groups in total. The Balaban J connectivity index is 1.86. The summed E-state index contributed by atoms with van der Waals surface area (Å²) in [6.45, 7) is 1.11. The maximum absolute atomic E-state index is 13.7. The Morgan fingerprint density at radius 3 is 2.89 bits per heavy atom. The van der Waals surface area contributed by atoms with E-state index in [1.807, 2.05) is 6.07 Å². The van der Waals surface area contributed by atoms with Gasteiger partial charge in [-0.15, -0.1) is 0 Å². The Kier molecular flexibility index (Phi) is 3.95. The van der Waals surface area contributed by atoms with Gasteiger partial charge in [-0.05, 0) is 72.1 Å². The molecule has 1 nitrogen and oxygen atoms in total. The van der Waals surface area contributed by atoms with Gasteiger partial charge in [-0.2, -0.15) is 0 Å². The lowest BCUT2D eigenvalue weighted by Crippen LogP contribution is -2.48. The zero-order chi connectivity index (χ0) is 13.3. The number of rotatable bonds is 3. The van der Waals surface area contributed by atoms with Crippen molar-refractivity contribution < 1.29 is 4.39 Å². The van der Waals surface area contributed by atoms with Crippen LogP contribution in [0, 0.1) is 11.7 Å². The molecule has 3 rings (SSSR count). The van der Waals surface area contributed by atoms with Gasteiger partial charge in [0.05, 0.1) is 4.47 Å². The van der Waals surface area contributed by atoms with Crippen molar-refractivity contribution in [2.24, 2.45) is 5.92 Å². The Morgan fingerprint density at radius 2 is 2.11 bits per heavy atom. The van der Waals surface area contributed by atoms with E-state index in [1.165, 1.54) is 44.6 Å². The van der Waals surface area contributed by atoms with Crippen LogP contribution in [0.25, 0.3) is 0 Å². The lowest BCUT2D eigenvalue weighted by atomic mass is 9.82. The van der Waals surface area contributed by atoms with E-state index in [2.05, 4.69) is 27.3 Å². The fourth-order valence-corrected chi connectivity index (χ4v) is 3.88. The molecule has 0 aromatic heterocycles. The van der Waals surface area contributed by atoms with Gasteiger partial charge >= 0.3 is 0 Å². The molecule has 1 heterocycles. The molecule has 2 fully saturated rings. The standard InChI is InChI=1S/C16H21BrFN/c17-15-12(5-4-6-14(15)18)11-16(13-7-8-13)9-2-1-3-10-19-16/h4-6,13,19H,1-3,7-11H2.